The first-order chi connectivity index (χ1) is 6.68. The summed E-state index contributed by atoms with van der Waals surface area (Å²) in [4.78, 5) is 21.8. The minimum absolute atomic E-state index is 0.302. The Morgan fingerprint density at radius 2 is 1.43 bits per heavy atom. The highest BCUT2D eigenvalue weighted by Gasteiger charge is 2.05. The number of ether oxygens (including phenoxy) is 2. The summed E-state index contributed by atoms with van der Waals surface area (Å²) >= 11 is 0. The number of cyclic esters (lactones) is 2. The van der Waals surface area contributed by atoms with Crippen molar-refractivity contribution < 1.29 is 19.1 Å². The molecule has 0 radical (unpaired) electrons. The van der Waals surface area contributed by atoms with Crippen molar-refractivity contribution in [2.45, 2.75) is 12.8 Å². The molecule has 0 aromatic rings. The number of carbonyl (C=O) groups excluding carboxylic acids is 2. The standard InChI is InChI=1S/C10H12O4/c1-8-4-6-13-9(11)2-3-10(12)14-7-5-8/h2-3H,1,4-7H2/b3-2-. The molecule has 0 N–H and O–H groups in total. The molecule has 4 nitrogen and oxygen atoms in total. The lowest BCUT2D eigenvalue weighted by molar-refractivity contribution is -0.140. The van der Waals surface area contributed by atoms with Crippen molar-refractivity contribution in [3.8, 4) is 0 Å². The molecule has 0 amide bonds. The van der Waals surface area contributed by atoms with Gasteiger partial charge in [0.15, 0.2) is 0 Å². The monoisotopic (exact) mass is 196 g/mol. The van der Waals surface area contributed by atoms with E-state index in [0.717, 1.165) is 17.7 Å². The third-order valence-corrected chi connectivity index (χ3v) is 1.76. The molecule has 1 rings (SSSR count). The zero-order valence-electron chi connectivity index (χ0n) is 7.82. The number of carbonyl (C=O) groups is 2. The summed E-state index contributed by atoms with van der Waals surface area (Å²) in [5, 5.41) is 0. The van der Waals surface area contributed by atoms with Gasteiger partial charge in [0, 0.05) is 25.0 Å². The third-order valence-electron chi connectivity index (χ3n) is 1.76. The Labute approximate surface area is 82.2 Å². The van der Waals surface area contributed by atoms with Crippen LogP contribution in [0.3, 0.4) is 0 Å². The van der Waals surface area contributed by atoms with Crippen LogP contribution in [0.25, 0.3) is 0 Å². The van der Waals surface area contributed by atoms with Gasteiger partial charge in [-0.15, -0.1) is 0 Å². The summed E-state index contributed by atoms with van der Waals surface area (Å²) in [5.74, 6) is -1.06. The maximum Gasteiger partial charge on any atom is 0.331 e. The Bertz CT molecular complexity index is 252. The molecule has 1 aliphatic heterocycles. The minimum atomic E-state index is -0.531. The molecule has 0 aliphatic carbocycles. The molecule has 0 saturated carbocycles. The third kappa shape index (κ3) is 3.89. The molecular weight excluding hydrogens is 184 g/mol. The second-order valence-electron chi connectivity index (χ2n) is 2.92. The average Bonchev–Trinajstić information content (AvgIpc) is 2.16. The van der Waals surface area contributed by atoms with Gasteiger partial charge in [0.1, 0.15) is 0 Å². The second kappa shape index (κ2) is 5.21. The van der Waals surface area contributed by atoms with E-state index in [2.05, 4.69) is 6.58 Å². The zero-order chi connectivity index (χ0) is 10.4. The fraction of sp³-hybridized carbons (Fsp3) is 0.400. The van der Waals surface area contributed by atoms with Gasteiger partial charge in [-0.3, -0.25) is 0 Å². The lowest BCUT2D eigenvalue weighted by Crippen LogP contribution is -2.03. The zero-order valence-corrected chi connectivity index (χ0v) is 7.82. The number of hydrogen-bond acceptors (Lipinski definition) is 4. The maximum atomic E-state index is 10.9. The van der Waals surface area contributed by atoms with E-state index in [0.29, 0.717) is 26.1 Å². The molecule has 14 heavy (non-hydrogen) atoms. The van der Waals surface area contributed by atoms with Crippen LogP contribution in [0.5, 0.6) is 0 Å². The van der Waals surface area contributed by atoms with Crippen molar-refractivity contribution in [1.29, 1.82) is 0 Å². The minimum Gasteiger partial charge on any atom is -0.462 e. The molecule has 4 heteroatoms. The van der Waals surface area contributed by atoms with Crippen LogP contribution in [0, 0.1) is 0 Å². The maximum absolute atomic E-state index is 10.9. The quantitative estimate of drug-likeness (QED) is 0.428. The first kappa shape index (κ1) is 10.5. The van der Waals surface area contributed by atoms with Crippen molar-refractivity contribution >= 4 is 11.9 Å². The molecule has 1 heterocycles. The Balaban J connectivity index is 2.56. The van der Waals surface area contributed by atoms with Gasteiger partial charge in [0.05, 0.1) is 13.2 Å². The molecule has 0 atom stereocenters. The Morgan fingerprint density at radius 1 is 1.00 bits per heavy atom. The van der Waals surface area contributed by atoms with Gasteiger partial charge >= 0.3 is 11.9 Å². The van der Waals surface area contributed by atoms with Crippen LogP contribution in [-0.4, -0.2) is 25.2 Å². The highest BCUT2D eigenvalue weighted by Crippen LogP contribution is 2.05. The molecule has 0 saturated heterocycles. The van der Waals surface area contributed by atoms with E-state index >= 15 is 0 Å². The predicted molar refractivity (Wildman–Crippen MR) is 49.4 cm³/mol. The van der Waals surface area contributed by atoms with Gasteiger partial charge in [0.25, 0.3) is 0 Å². The second-order valence-corrected chi connectivity index (χ2v) is 2.92. The molecule has 0 aromatic carbocycles. The first-order valence-electron chi connectivity index (χ1n) is 4.37. The smallest absolute Gasteiger partial charge is 0.331 e. The van der Waals surface area contributed by atoms with Crippen molar-refractivity contribution in [2.24, 2.45) is 0 Å². The molecule has 76 valence electrons. The Morgan fingerprint density at radius 3 is 1.86 bits per heavy atom. The molecule has 1 aliphatic rings. The summed E-state index contributed by atoms with van der Waals surface area (Å²) < 4.78 is 9.60. The van der Waals surface area contributed by atoms with Crippen molar-refractivity contribution in [1.82, 2.24) is 0 Å². The largest absolute Gasteiger partial charge is 0.462 e. The first-order valence-corrected chi connectivity index (χ1v) is 4.37. The fourth-order valence-corrected chi connectivity index (χ4v) is 0.949. The van der Waals surface area contributed by atoms with Gasteiger partial charge in [-0.05, 0) is 0 Å². The summed E-state index contributed by atoms with van der Waals surface area (Å²) in [6, 6.07) is 0. The van der Waals surface area contributed by atoms with E-state index in [1.54, 1.807) is 0 Å². The van der Waals surface area contributed by atoms with Gasteiger partial charge in [0.2, 0.25) is 0 Å². The highest BCUT2D eigenvalue weighted by atomic mass is 16.5. The van der Waals surface area contributed by atoms with Gasteiger partial charge < -0.3 is 9.47 Å². The van der Waals surface area contributed by atoms with E-state index in [9.17, 15) is 9.59 Å². The van der Waals surface area contributed by atoms with Gasteiger partial charge in [-0.1, -0.05) is 12.2 Å². The summed E-state index contributed by atoms with van der Waals surface area (Å²) in [6.07, 6.45) is 3.35. The van der Waals surface area contributed by atoms with Crippen LogP contribution < -0.4 is 0 Å². The highest BCUT2D eigenvalue weighted by molar-refractivity contribution is 5.91. The van der Waals surface area contributed by atoms with E-state index in [4.69, 9.17) is 9.47 Å². The normalized spacial score (nSPS) is 21.9. The van der Waals surface area contributed by atoms with Crippen LogP contribution in [-0.2, 0) is 19.1 Å². The van der Waals surface area contributed by atoms with Crippen molar-refractivity contribution in [3.63, 3.8) is 0 Å². The van der Waals surface area contributed by atoms with E-state index in [-0.39, 0.29) is 0 Å². The van der Waals surface area contributed by atoms with E-state index in [1.807, 2.05) is 0 Å². The molecule has 0 fully saturated rings. The lowest BCUT2D eigenvalue weighted by Gasteiger charge is -2.04. The SMILES string of the molecule is C=C1CCOC(=O)/C=C\C(=O)OCC1. The van der Waals surface area contributed by atoms with Crippen molar-refractivity contribution in [3.05, 3.63) is 24.3 Å². The topological polar surface area (TPSA) is 52.6 Å². The Kier molecular flexibility index (Phi) is 3.91. The summed E-state index contributed by atoms with van der Waals surface area (Å²) in [5.41, 5.74) is 0.910. The fourth-order valence-electron chi connectivity index (χ4n) is 0.949. The number of rotatable bonds is 0. The summed E-state index contributed by atoms with van der Waals surface area (Å²) in [6.45, 7) is 4.37. The van der Waals surface area contributed by atoms with Gasteiger partial charge in [-0.2, -0.15) is 0 Å². The molecule has 0 spiro atoms. The van der Waals surface area contributed by atoms with Crippen LogP contribution >= 0.6 is 0 Å². The molecule has 0 bridgehead atoms. The lowest BCUT2D eigenvalue weighted by atomic mass is 10.2. The van der Waals surface area contributed by atoms with Gasteiger partial charge in [-0.25, -0.2) is 9.59 Å². The average molecular weight is 196 g/mol. The summed E-state index contributed by atoms with van der Waals surface area (Å²) in [7, 11) is 0. The number of hydrogen-bond donors (Lipinski definition) is 0. The van der Waals surface area contributed by atoms with Crippen LogP contribution in [0.4, 0.5) is 0 Å². The predicted octanol–water partition coefficient (Wildman–Crippen LogP) is 0.979. The van der Waals surface area contributed by atoms with Crippen LogP contribution in [0.2, 0.25) is 0 Å². The molecular formula is C10H12O4. The van der Waals surface area contributed by atoms with E-state index < -0.39 is 11.9 Å². The van der Waals surface area contributed by atoms with Crippen LogP contribution in [0.1, 0.15) is 12.8 Å². The van der Waals surface area contributed by atoms with Crippen molar-refractivity contribution in [2.75, 3.05) is 13.2 Å². The molecule has 0 unspecified atom stereocenters. The molecule has 0 aromatic heterocycles. The van der Waals surface area contributed by atoms with E-state index in [1.165, 1.54) is 0 Å². The van der Waals surface area contributed by atoms with Crippen LogP contribution in [0.15, 0.2) is 24.3 Å². The number of esters is 2. The Hall–Kier alpha value is -1.58.